The molecule has 1 aliphatic heterocycles. The van der Waals surface area contributed by atoms with Crippen molar-refractivity contribution in [2.24, 2.45) is 0 Å². The van der Waals surface area contributed by atoms with Gasteiger partial charge < -0.3 is 16.1 Å². The topological polar surface area (TPSA) is 101 Å². The number of hydrogen-bond donors (Lipinski definition) is 2. The van der Waals surface area contributed by atoms with Crippen LogP contribution in [0.4, 0.5) is 11.5 Å². The Bertz CT molecular complexity index is 851. The average molecular weight is 325 g/mol. The fourth-order valence-electron chi connectivity index (χ4n) is 2.74. The molecule has 1 aromatic carbocycles. The Labute approximate surface area is 139 Å². The predicted molar refractivity (Wildman–Crippen MR) is 91.6 cm³/mol. The number of para-hydroxylation sites is 1. The van der Waals surface area contributed by atoms with Gasteiger partial charge in [-0.1, -0.05) is 17.3 Å². The molecule has 0 saturated carbocycles. The summed E-state index contributed by atoms with van der Waals surface area (Å²) in [4.78, 5) is 10.9. The fraction of sp³-hybridized carbons (Fsp3) is 0.333. The van der Waals surface area contributed by atoms with Crippen molar-refractivity contribution in [2.75, 3.05) is 44.4 Å². The van der Waals surface area contributed by atoms with Crippen molar-refractivity contribution in [2.45, 2.75) is 0 Å². The maximum atomic E-state index is 6.30. The van der Waals surface area contributed by atoms with Crippen LogP contribution in [-0.2, 0) is 0 Å². The first-order chi connectivity index (χ1) is 11.7. The molecule has 0 atom stereocenters. The number of hydrazine groups is 1. The zero-order valence-corrected chi connectivity index (χ0v) is 13.4. The summed E-state index contributed by atoms with van der Waals surface area (Å²) in [5, 5.41) is 10.4. The Hall–Kier alpha value is -2.78. The molecule has 2 aromatic heterocycles. The SMILES string of the molecule is CN1CCN(Nc2ncnc(-n3nnc4ccccc43)c2N)CC1. The highest BCUT2D eigenvalue weighted by molar-refractivity contribution is 5.78. The second-order valence-corrected chi connectivity index (χ2v) is 5.85. The van der Waals surface area contributed by atoms with Crippen molar-refractivity contribution in [1.82, 2.24) is 34.9 Å². The number of rotatable bonds is 3. The summed E-state index contributed by atoms with van der Waals surface area (Å²) in [6.45, 7) is 3.81. The standard InChI is InChI=1S/C15H19N9/c1-22-6-8-23(9-7-22)20-14-13(16)15(18-10-17-14)24-12-5-3-2-4-11(12)19-21-24/h2-5,10H,6-9,16H2,1H3,(H,17,18,20). The van der Waals surface area contributed by atoms with Gasteiger partial charge >= 0.3 is 0 Å². The number of fused-ring (bicyclic) bond motifs is 1. The Balaban J connectivity index is 1.66. The molecule has 124 valence electrons. The zero-order chi connectivity index (χ0) is 16.5. The molecule has 9 nitrogen and oxygen atoms in total. The molecule has 1 fully saturated rings. The minimum absolute atomic E-state index is 0.451. The van der Waals surface area contributed by atoms with Crippen LogP contribution in [0.15, 0.2) is 30.6 Å². The molecule has 0 radical (unpaired) electrons. The Morgan fingerprint density at radius 3 is 2.71 bits per heavy atom. The lowest BCUT2D eigenvalue weighted by Crippen LogP contribution is -2.47. The first-order valence-electron chi connectivity index (χ1n) is 7.84. The number of nitrogens with zero attached hydrogens (tertiary/aromatic N) is 7. The number of benzene rings is 1. The van der Waals surface area contributed by atoms with Gasteiger partial charge in [0, 0.05) is 26.2 Å². The molecular weight excluding hydrogens is 306 g/mol. The zero-order valence-electron chi connectivity index (χ0n) is 13.4. The van der Waals surface area contributed by atoms with Crippen LogP contribution in [0.2, 0.25) is 0 Å². The summed E-state index contributed by atoms with van der Waals surface area (Å²) in [5.74, 6) is 1.11. The summed E-state index contributed by atoms with van der Waals surface area (Å²) in [5.41, 5.74) is 11.7. The number of hydrogen-bond acceptors (Lipinski definition) is 8. The van der Waals surface area contributed by atoms with Crippen molar-refractivity contribution in [1.29, 1.82) is 0 Å². The van der Waals surface area contributed by atoms with E-state index in [1.165, 1.54) is 6.33 Å². The molecule has 0 unspecified atom stereocenters. The van der Waals surface area contributed by atoms with Gasteiger partial charge in [0.25, 0.3) is 0 Å². The molecule has 3 aromatic rings. The maximum Gasteiger partial charge on any atom is 0.184 e. The molecule has 1 aliphatic rings. The van der Waals surface area contributed by atoms with Crippen LogP contribution in [0.1, 0.15) is 0 Å². The molecular formula is C15H19N9. The highest BCUT2D eigenvalue weighted by Crippen LogP contribution is 2.24. The number of anilines is 2. The van der Waals surface area contributed by atoms with Crippen LogP contribution >= 0.6 is 0 Å². The van der Waals surface area contributed by atoms with Crippen LogP contribution in [-0.4, -0.2) is 68.1 Å². The lowest BCUT2D eigenvalue weighted by Gasteiger charge is -2.32. The number of likely N-dealkylation sites (N-methyl/N-ethyl adjacent to an activating group) is 1. The monoisotopic (exact) mass is 325 g/mol. The van der Waals surface area contributed by atoms with Crippen LogP contribution < -0.4 is 11.2 Å². The summed E-state index contributed by atoms with van der Waals surface area (Å²) >= 11 is 0. The molecule has 24 heavy (non-hydrogen) atoms. The van der Waals surface area contributed by atoms with Crippen molar-refractivity contribution in [3.63, 3.8) is 0 Å². The summed E-state index contributed by atoms with van der Waals surface area (Å²) in [7, 11) is 2.12. The predicted octanol–water partition coefficient (Wildman–Crippen LogP) is 0.367. The van der Waals surface area contributed by atoms with Crippen molar-refractivity contribution in [3.05, 3.63) is 30.6 Å². The fourth-order valence-corrected chi connectivity index (χ4v) is 2.74. The van der Waals surface area contributed by atoms with Gasteiger partial charge in [-0.15, -0.1) is 5.10 Å². The van der Waals surface area contributed by atoms with Gasteiger partial charge in [0.15, 0.2) is 11.6 Å². The molecule has 0 amide bonds. The van der Waals surface area contributed by atoms with Gasteiger partial charge in [0.05, 0.1) is 5.52 Å². The molecule has 3 N–H and O–H groups in total. The molecule has 0 bridgehead atoms. The van der Waals surface area contributed by atoms with Crippen LogP contribution in [0.3, 0.4) is 0 Å². The molecule has 4 rings (SSSR count). The van der Waals surface area contributed by atoms with E-state index < -0.39 is 0 Å². The summed E-state index contributed by atoms with van der Waals surface area (Å²) < 4.78 is 1.64. The highest BCUT2D eigenvalue weighted by atomic mass is 15.5. The second kappa shape index (κ2) is 6.02. The molecule has 0 spiro atoms. The van der Waals surface area contributed by atoms with Gasteiger partial charge in [-0.25, -0.2) is 15.0 Å². The van der Waals surface area contributed by atoms with Gasteiger partial charge in [-0.3, -0.25) is 0 Å². The lowest BCUT2D eigenvalue weighted by atomic mass is 10.3. The number of nitrogens with one attached hydrogen (secondary N) is 1. The third kappa shape index (κ3) is 2.63. The van der Waals surface area contributed by atoms with E-state index in [4.69, 9.17) is 5.73 Å². The lowest BCUT2D eigenvalue weighted by molar-refractivity contribution is 0.178. The van der Waals surface area contributed by atoms with Crippen LogP contribution in [0, 0.1) is 0 Å². The van der Waals surface area contributed by atoms with Crippen LogP contribution in [0.5, 0.6) is 0 Å². The van der Waals surface area contributed by atoms with Gasteiger partial charge in [0.1, 0.15) is 17.5 Å². The minimum atomic E-state index is 0.451. The number of nitrogens with two attached hydrogens (primary N) is 1. The number of nitrogen functional groups attached to an aromatic ring is 1. The largest absolute Gasteiger partial charge is 0.393 e. The summed E-state index contributed by atoms with van der Waals surface area (Å²) in [6.07, 6.45) is 1.49. The Morgan fingerprint density at radius 1 is 1.08 bits per heavy atom. The van der Waals surface area contributed by atoms with Crippen LogP contribution in [0.25, 0.3) is 16.9 Å². The van der Waals surface area contributed by atoms with E-state index in [2.05, 4.69) is 42.7 Å². The van der Waals surface area contributed by atoms with E-state index in [-0.39, 0.29) is 0 Å². The van der Waals surface area contributed by atoms with E-state index >= 15 is 0 Å². The average Bonchev–Trinajstić information content (AvgIpc) is 3.03. The Kier molecular flexibility index (Phi) is 3.71. The molecule has 3 heterocycles. The van der Waals surface area contributed by atoms with Gasteiger partial charge in [-0.05, 0) is 19.2 Å². The molecule has 9 heteroatoms. The van der Waals surface area contributed by atoms with E-state index in [9.17, 15) is 0 Å². The molecule has 1 saturated heterocycles. The minimum Gasteiger partial charge on any atom is -0.393 e. The van der Waals surface area contributed by atoms with Crippen molar-refractivity contribution in [3.8, 4) is 5.82 Å². The highest BCUT2D eigenvalue weighted by Gasteiger charge is 2.18. The van der Waals surface area contributed by atoms with Crippen molar-refractivity contribution >= 4 is 22.5 Å². The van der Waals surface area contributed by atoms with Crippen molar-refractivity contribution < 1.29 is 0 Å². The van der Waals surface area contributed by atoms with Gasteiger partial charge in [-0.2, -0.15) is 4.68 Å². The Morgan fingerprint density at radius 2 is 1.88 bits per heavy atom. The quantitative estimate of drug-likeness (QED) is 0.712. The van der Waals surface area contributed by atoms with Gasteiger partial charge in [0.2, 0.25) is 0 Å². The smallest absolute Gasteiger partial charge is 0.184 e. The number of aromatic nitrogens is 5. The third-order valence-corrected chi connectivity index (χ3v) is 4.18. The van der Waals surface area contributed by atoms with E-state index in [1.807, 2.05) is 24.3 Å². The number of piperazine rings is 1. The first-order valence-corrected chi connectivity index (χ1v) is 7.84. The van der Waals surface area contributed by atoms with E-state index in [1.54, 1.807) is 4.68 Å². The van der Waals surface area contributed by atoms with E-state index in [0.717, 1.165) is 37.2 Å². The van der Waals surface area contributed by atoms with E-state index in [0.29, 0.717) is 17.3 Å². The molecule has 0 aliphatic carbocycles. The third-order valence-electron chi connectivity index (χ3n) is 4.18. The maximum absolute atomic E-state index is 6.30. The summed E-state index contributed by atoms with van der Waals surface area (Å²) in [6, 6.07) is 7.69. The normalized spacial score (nSPS) is 16.5. The first kappa shape index (κ1) is 14.8. The second-order valence-electron chi connectivity index (χ2n) is 5.85.